The van der Waals surface area contributed by atoms with Crippen LogP contribution in [0.2, 0.25) is 0 Å². The van der Waals surface area contributed by atoms with Crippen LogP contribution in [0.5, 0.6) is 0 Å². The minimum atomic E-state index is -3.55. The third kappa shape index (κ3) is 5.12. The number of benzene rings is 1. The largest absolute Gasteiger partial charge is 0.392 e. The summed E-state index contributed by atoms with van der Waals surface area (Å²) < 4.78 is 28.0. The van der Waals surface area contributed by atoms with Crippen molar-refractivity contribution >= 4 is 21.4 Å². The third-order valence-electron chi connectivity index (χ3n) is 4.55. The molecule has 0 spiro atoms. The lowest BCUT2D eigenvalue weighted by atomic mass is 10.1. The second kappa shape index (κ2) is 8.42. The number of rotatable bonds is 7. The van der Waals surface area contributed by atoms with E-state index in [1.807, 2.05) is 35.7 Å². The Hall–Kier alpha value is -1.25. The number of hydrogen-bond donors (Lipinski definition) is 2. The molecule has 2 N–H and O–H groups in total. The Morgan fingerprint density at radius 2 is 2.00 bits per heavy atom. The van der Waals surface area contributed by atoms with Gasteiger partial charge in [-0.2, -0.15) is 11.3 Å². The minimum Gasteiger partial charge on any atom is -0.392 e. The molecule has 1 saturated heterocycles. The van der Waals surface area contributed by atoms with E-state index in [1.54, 1.807) is 11.3 Å². The fourth-order valence-electron chi connectivity index (χ4n) is 3.15. The number of thiophene rings is 1. The van der Waals surface area contributed by atoms with Gasteiger partial charge in [-0.05, 0) is 40.8 Å². The van der Waals surface area contributed by atoms with Crippen LogP contribution in [0.1, 0.15) is 17.5 Å². The molecule has 0 amide bonds. The number of sulfonamides is 1. The summed E-state index contributed by atoms with van der Waals surface area (Å²) in [5.41, 5.74) is 2.28. The molecule has 136 valence electrons. The van der Waals surface area contributed by atoms with Gasteiger partial charge in [0.25, 0.3) is 0 Å². The van der Waals surface area contributed by atoms with Gasteiger partial charge in [-0.25, -0.2) is 13.1 Å². The first-order chi connectivity index (χ1) is 12.0. The summed E-state index contributed by atoms with van der Waals surface area (Å²) in [6, 6.07) is 11.8. The van der Waals surface area contributed by atoms with Crippen molar-refractivity contribution in [2.45, 2.75) is 30.7 Å². The number of likely N-dealkylation sites (tertiary alicyclic amines) is 1. The summed E-state index contributed by atoms with van der Waals surface area (Å²) in [5, 5.41) is 13.5. The molecule has 3 rings (SSSR count). The zero-order valence-electron chi connectivity index (χ0n) is 14.0. The van der Waals surface area contributed by atoms with Crippen molar-refractivity contribution in [1.82, 2.24) is 9.62 Å². The van der Waals surface area contributed by atoms with E-state index in [1.165, 1.54) is 5.56 Å². The van der Waals surface area contributed by atoms with Gasteiger partial charge in [0.1, 0.15) is 5.25 Å². The molecule has 25 heavy (non-hydrogen) atoms. The van der Waals surface area contributed by atoms with Crippen molar-refractivity contribution in [2.75, 3.05) is 19.6 Å². The molecule has 2 aromatic rings. The molecular formula is C18H24N2O3S2. The van der Waals surface area contributed by atoms with Crippen molar-refractivity contribution in [1.29, 1.82) is 0 Å². The van der Waals surface area contributed by atoms with Crippen molar-refractivity contribution in [3.8, 4) is 0 Å². The molecule has 2 unspecified atom stereocenters. The topological polar surface area (TPSA) is 69.6 Å². The zero-order chi connectivity index (χ0) is 17.7. The number of hydrogen-bond acceptors (Lipinski definition) is 5. The lowest BCUT2D eigenvalue weighted by Crippen LogP contribution is -2.53. The average molecular weight is 381 g/mol. The van der Waals surface area contributed by atoms with E-state index in [0.29, 0.717) is 32.5 Å². The normalized spacial score (nSPS) is 22.1. The molecule has 7 heteroatoms. The summed E-state index contributed by atoms with van der Waals surface area (Å²) in [7, 11) is -3.55. The molecular weight excluding hydrogens is 356 g/mol. The molecule has 0 saturated carbocycles. The average Bonchev–Trinajstić information content (AvgIpc) is 3.10. The Balaban J connectivity index is 1.57. The summed E-state index contributed by atoms with van der Waals surface area (Å²) in [4.78, 5) is 2.11. The van der Waals surface area contributed by atoms with Crippen LogP contribution < -0.4 is 4.72 Å². The van der Waals surface area contributed by atoms with Crippen LogP contribution in [0.15, 0.2) is 47.2 Å². The van der Waals surface area contributed by atoms with Crippen molar-refractivity contribution in [3.63, 3.8) is 0 Å². The second-order valence-electron chi connectivity index (χ2n) is 6.44. The van der Waals surface area contributed by atoms with E-state index in [-0.39, 0.29) is 0 Å². The first kappa shape index (κ1) is 18.5. The molecule has 1 aliphatic heterocycles. The predicted molar refractivity (Wildman–Crippen MR) is 101 cm³/mol. The molecule has 1 aromatic heterocycles. The van der Waals surface area contributed by atoms with Gasteiger partial charge in [-0.3, -0.25) is 4.90 Å². The minimum absolute atomic E-state index is 0.347. The summed E-state index contributed by atoms with van der Waals surface area (Å²) >= 11 is 1.64. The summed E-state index contributed by atoms with van der Waals surface area (Å²) in [6.45, 7) is 2.15. The Labute approximate surface area is 153 Å². The van der Waals surface area contributed by atoms with E-state index >= 15 is 0 Å². The van der Waals surface area contributed by atoms with Gasteiger partial charge >= 0.3 is 0 Å². The van der Waals surface area contributed by atoms with Gasteiger partial charge < -0.3 is 5.11 Å². The predicted octanol–water partition coefficient (Wildman–Crippen LogP) is 1.85. The molecule has 2 heterocycles. The highest BCUT2D eigenvalue weighted by atomic mass is 32.2. The highest BCUT2D eigenvalue weighted by Gasteiger charge is 2.37. The number of piperidine rings is 1. The Morgan fingerprint density at radius 3 is 2.72 bits per heavy atom. The third-order valence-corrected chi connectivity index (χ3v) is 7.15. The quantitative estimate of drug-likeness (QED) is 0.769. The Morgan fingerprint density at radius 1 is 1.20 bits per heavy atom. The van der Waals surface area contributed by atoms with Crippen molar-refractivity contribution in [2.24, 2.45) is 0 Å². The highest BCUT2D eigenvalue weighted by molar-refractivity contribution is 7.90. The van der Waals surface area contributed by atoms with Crippen LogP contribution in [0.25, 0.3) is 0 Å². The molecule has 0 aliphatic carbocycles. The van der Waals surface area contributed by atoms with E-state index in [9.17, 15) is 13.5 Å². The van der Waals surface area contributed by atoms with Gasteiger partial charge in [0, 0.05) is 26.2 Å². The van der Waals surface area contributed by atoms with E-state index in [2.05, 4.69) is 21.1 Å². The summed E-state index contributed by atoms with van der Waals surface area (Å²) in [6.07, 6.45) is 0.309. The molecule has 1 aliphatic rings. The van der Waals surface area contributed by atoms with Crippen LogP contribution >= 0.6 is 11.3 Å². The zero-order valence-corrected chi connectivity index (χ0v) is 15.7. The fraction of sp³-hybridized carbons (Fsp3) is 0.444. The van der Waals surface area contributed by atoms with E-state index in [4.69, 9.17) is 0 Å². The van der Waals surface area contributed by atoms with Crippen LogP contribution in [0, 0.1) is 0 Å². The second-order valence-corrected chi connectivity index (χ2v) is 9.20. The Kier molecular flexibility index (Phi) is 6.24. The lowest BCUT2D eigenvalue weighted by molar-refractivity contribution is 0.0823. The standard InChI is InChI=1S/C18H24N2O3S2/c21-17-7-10-20(12-16-8-11-24-14-16)13-18(17)25(22,23)19-9-6-15-4-2-1-3-5-15/h1-5,8,11,14,17-19,21H,6-7,9-10,12-13H2. The Bertz CT molecular complexity index is 748. The smallest absolute Gasteiger partial charge is 0.218 e. The number of nitrogens with zero attached hydrogens (tertiary/aromatic N) is 1. The van der Waals surface area contributed by atoms with E-state index in [0.717, 1.165) is 12.1 Å². The molecule has 2 atom stereocenters. The van der Waals surface area contributed by atoms with Gasteiger partial charge in [-0.1, -0.05) is 30.3 Å². The maximum absolute atomic E-state index is 12.6. The summed E-state index contributed by atoms with van der Waals surface area (Å²) in [5.74, 6) is 0. The molecule has 1 aromatic carbocycles. The highest BCUT2D eigenvalue weighted by Crippen LogP contribution is 2.20. The van der Waals surface area contributed by atoms with E-state index < -0.39 is 21.4 Å². The van der Waals surface area contributed by atoms with Crippen molar-refractivity contribution < 1.29 is 13.5 Å². The van der Waals surface area contributed by atoms with Gasteiger partial charge in [0.15, 0.2) is 0 Å². The first-order valence-corrected chi connectivity index (χ1v) is 11.0. The van der Waals surface area contributed by atoms with Crippen LogP contribution in [0.4, 0.5) is 0 Å². The van der Waals surface area contributed by atoms with Crippen molar-refractivity contribution in [3.05, 3.63) is 58.3 Å². The molecule has 5 nitrogen and oxygen atoms in total. The van der Waals surface area contributed by atoms with Crippen LogP contribution in [-0.4, -0.2) is 49.4 Å². The maximum Gasteiger partial charge on any atom is 0.218 e. The lowest BCUT2D eigenvalue weighted by Gasteiger charge is -2.35. The van der Waals surface area contributed by atoms with Gasteiger partial charge in [0.05, 0.1) is 6.10 Å². The number of aliphatic hydroxyl groups excluding tert-OH is 1. The maximum atomic E-state index is 12.6. The number of aliphatic hydroxyl groups is 1. The fourth-order valence-corrected chi connectivity index (χ4v) is 5.36. The molecule has 0 radical (unpaired) electrons. The first-order valence-electron chi connectivity index (χ1n) is 8.48. The SMILES string of the molecule is O=S(=O)(NCCc1ccccc1)C1CN(Cc2ccsc2)CCC1O. The monoisotopic (exact) mass is 380 g/mol. The molecule has 1 fully saturated rings. The molecule has 0 bridgehead atoms. The number of nitrogens with one attached hydrogen (secondary N) is 1. The van der Waals surface area contributed by atoms with Crippen LogP contribution in [-0.2, 0) is 23.0 Å². The van der Waals surface area contributed by atoms with Gasteiger partial charge in [0.2, 0.25) is 10.0 Å². The van der Waals surface area contributed by atoms with Crippen LogP contribution in [0.3, 0.4) is 0 Å². The van der Waals surface area contributed by atoms with Gasteiger partial charge in [-0.15, -0.1) is 0 Å².